The summed E-state index contributed by atoms with van der Waals surface area (Å²) in [4.78, 5) is 23.0. The van der Waals surface area contributed by atoms with Crippen LogP contribution < -0.4 is 11.1 Å². The Morgan fingerprint density at radius 2 is 1.84 bits per heavy atom. The van der Waals surface area contributed by atoms with Gasteiger partial charge in [0.25, 0.3) is 0 Å². The smallest absolute Gasteiger partial charge is 0.234 e. The second-order valence-corrected chi connectivity index (χ2v) is 4.87. The van der Waals surface area contributed by atoms with Crippen molar-refractivity contribution in [3.8, 4) is 0 Å². The van der Waals surface area contributed by atoms with E-state index < -0.39 is 0 Å². The summed E-state index contributed by atoms with van der Waals surface area (Å²) < 4.78 is 0. The van der Waals surface area contributed by atoms with E-state index in [0.29, 0.717) is 18.5 Å². The first-order chi connectivity index (χ1) is 9.13. The molecule has 0 aliphatic carbocycles. The van der Waals surface area contributed by atoms with Crippen molar-refractivity contribution in [2.24, 2.45) is 0 Å². The van der Waals surface area contributed by atoms with E-state index in [1.54, 1.807) is 0 Å². The van der Waals surface area contributed by atoms with Crippen molar-refractivity contribution in [2.45, 2.75) is 18.8 Å². The summed E-state index contributed by atoms with van der Waals surface area (Å²) in [6, 6.07) is 11.6. The fourth-order valence-electron chi connectivity index (χ4n) is 2.51. The first kappa shape index (κ1) is 11.7. The first-order valence-electron chi connectivity index (χ1n) is 6.26. The Labute approximate surface area is 110 Å². The van der Waals surface area contributed by atoms with Crippen LogP contribution in [0, 0.1) is 0 Å². The van der Waals surface area contributed by atoms with E-state index in [4.69, 9.17) is 5.73 Å². The van der Waals surface area contributed by atoms with Gasteiger partial charge < -0.3 is 5.73 Å². The molecular formula is C15H14N2O2. The van der Waals surface area contributed by atoms with Crippen LogP contribution in [-0.2, 0) is 9.59 Å². The molecule has 1 fully saturated rings. The standard InChI is InChI=1S/C15H14N2O2/c16-12-4-3-9-1-2-10(7-11(9)8-12)13-5-6-14(18)17-15(13)19/h1-4,7-8,13H,5-6,16H2,(H,17,18,19). The molecule has 2 aromatic carbocycles. The fraction of sp³-hybridized carbons (Fsp3) is 0.200. The molecule has 1 unspecified atom stereocenters. The zero-order valence-electron chi connectivity index (χ0n) is 10.3. The molecule has 0 bridgehead atoms. The Hall–Kier alpha value is -2.36. The predicted octanol–water partition coefficient (Wildman–Crippen LogP) is 1.94. The average molecular weight is 254 g/mol. The van der Waals surface area contributed by atoms with Gasteiger partial charge in [0.2, 0.25) is 11.8 Å². The molecule has 0 spiro atoms. The van der Waals surface area contributed by atoms with Crippen LogP contribution in [0.3, 0.4) is 0 Å². The maximum Gasteiger partial charge on any atom is 0.234 e. The van der Waals surface area contributed by atoms with Gasteiger partial charge in [-0.3, -0.25) is 14.9 Å². The molecule has 0 radical (unpaired) electrons. The summed E-state index contributed by atoms with van der Waals surface area (Å²) in [5.41, 5.74) is 7.41. The van der Waals surface area contributed by atoms with Crippen LogP contribution in [-0.4, -0.2) is 11.8 Å². The van der Waals surface area contributed by atoms with E-state index >= 15 is 0 Å². The number of nitrogens with two attached hydrogens (primary N) is 1. The number of anilines is 1. The van der Waals surface area contributed by atoms with E-state index in [2.05, 4.69) is 5.32 Å². The number of carbonyl (C=O) groups excluding carboxylic acids is 2. The summed E-state index contributed by atoms with van der Waals surface area (Å²) in [5.74, 6) is -0.644. The van der Waals surface area contributed by atoms with Crippen LogP contribution in [0.25, 0.3) is 10.8 Å². The van der Waals surface area contributed by atoms with Gasteiger partial charge in [0.15, 0.2) is 0 Å². The van der Waals surface area contributed by atoms with Gasteiger partial charge in [-0.25, -0.2) is 0 Å². The van der Waals surface area contributed by atoms with Gasteiger partial charge in [-0.05, 0) is 34.9 Å². The third-order valence-corrected chi connectivity index (χ3v) is 3.53. The number of amides is 2. The lowest BCUT2D eigenvalue weighted by atomic mass is 9.89. The van der Waals surface area contributed by atoms with E-state index in [-0.39, 0.29) is 17.7 Å². The lowest BCUT2D eigenvalue weighted by Crippen LogP contribution is -2.39. The summed E-state index contributed by atoms with van der Waals surface area (Å²) in [6.45, 7) is 0. The van der Waals surface area contributed by atoms with Crippen molar-refractivity contribution < 1.29 is 9.59 Å². The van der Waals surface area contributed by atoms with Crippen molar-refractivity contribution in [2.75, 3.05) is 5.73 Å². The van der Waals surface area contributed by atoms with Gasteiger partial charge in [-0.2, -0.15) is 0 Å². The Morgan fingerprint density at radius 1 is 1.05 bits per heavy atom. The van der Waals surface area contributed by atoms with Crippen LogP contribution in [0.1, 0.15) is 24.3 Å². The minimum Gasteiger partial charge on any atom is -0.399 e. The summed E-state index contributed by atoms with van der Waals surface area (Å²) in [7, 11) is 0. The third kappa shape index (κ3) is 2.17. The Balaban J connectivity index is 2.01. The molecule has 1 aliphatic heterocycles. The second-order valence-electron chi connectivity index (χ2n) is 4.87. The number of imide groups is 1. The number of rotatable bonds is 1. The first-order valence-corrected chi connectivity index (χ1v) is 6.26. The number of nitrogen functional groups attached to an aromatic ring is 1. The molecule has 3 N–H and O–H groups in total. The third-order valence-electron chi connectivity index (χ3n) is 3.53. The van der Waals surface area contributed by atoms with Crippen LogP contribution >= 0.6 is 0 Å². The van der Waals surface area contributed by atoms with Crippen molar-refractivity contribution >= 4 is 28.3 Å². The molecule has 19 heavy (non-hydrogen) atoms. The predicted molar refractivity (Wildman–Crippen MR) is 73.5 cm³/mol. The van der Waals surface area contributed by atoms with Crippen molar-refractivity contribution in [1.82, 2.24) is 5.32 Å². The molecular weight excluding hydrogens is 240 g/mol. The average Bonchev–Trinajstić information content (AvgIpc) is 2.38. The number of benzene rings is 2. The normalized spacial score (nSPS) is 19.5. The molecule has 1 atom stereocenters. The molecule has 3 rings (SSSR count). The lowest BCUT2D eigenvalue weighted by molar-refractivity contribution is -0.134. The molecule has 1 aliphatic rings. The molecule has 1 saturated heterocycles. The van der Waals surface area contributed by atoms with Gasteiger partial charge in [-0.1, -0.05) is 24.3 Å². The molecule has 4 nitrogen and oxygen atoms in total. The van der Waals surface area contributed by atoms with Crippen molar-refractivity contribution in [3.63, 3.8) is 0 Å². The zero-order chi connectivity index (χ0) is 13.4. The highest BCUT2D eigenvalue weighted by atomic mass is 16.2. The topological polar surface area (TPSA) is 72.2 Å². The molecule has 2 amide bonds. The summed E-state index contributed by atoms with van der Waals surface area (Å²) in [6.07, 6.45) is 0.962. The monoisotopic (exact) mass is 254 g/mol. The summed E-state index contributed by atoms with van der Waals surface area (Å²) >= 11 is 0. The molecule has 1 heterocycles. The number of nitrogens with one attached hydrogen (secondary N) is 1. The molecule has 0 saturated carbocycles. The molecule has 96 valence electrons. The van der Waals surface area contributed by atoms with Crippen LogP contribution in [0.5, 0.6) is 0 Å². The number of hydrogen-bond donors (Lipinski definition) is 2. The van der Waals surface area contributed by atoms with Gasteiger partial charge in [0.1, 0.15) is 0 Å². The molecule has 2 aromatic rings. The Kier molecular flexibility index (Phi) is 2.71. The molecule has 4 heteroatoms. The maximum atomic E-state index is 11.9. The van der Waals surface area contributed by atoms with E-state index in [1.807, 2.05) is 36.4 Å². The number of fused-ring (bicyclic) bond motifs is 1. The number of hydrogen-bond acceptors (Lipinski definition) is 3. The Bertz CT molecular complexity index is 679. The highest BCUT2D eigenvalue weighted by molar-refractivity contribution is 6.01. The zero-order valence-corrected chi connectivity index (χ0v) is 10.3. The summed E-state index contributed by atoms with van der Waals surface area (Å²) in [5, 5.41) is 4.49. The highest BCUT2D eigenvalue weighted by Gasteiger charge is 2.27. The highest BCUT2D eigenvalue weighted by Crippen LogP contribution is 2.28. The van der Waals surface area contributed by atoms with Crippen LogP contribution in [0.4, 0.5) is 5.69 Å². The minimum absolute atomic E-state index is 0.189. The van der Waals surface area contributed by atoms with Gasteiger partial charge in [0.05, 0.1) is 5.92 Å². The fourth-order valence-corrected chi connectivity index (χ4v) is 2.51. The quantitative estimate of drug-likeness (QED) is 0.603. The van der Waals surface area contributed by atoms with Crippen molar-refractivity contribution in [1.29, 1.82) is 0 Å². The van der Waals surface area contributed by atoms with Crippen LogP contribution in [0.15, 0.2) is 36.4 Å². The van der Waals surface area contributed by atoms with E-state index in [0.717, 1.165) is 16.3 Å². The van der Waals surface area contributed by atoms with Gasteiger partial charge in [0, 0.05) is 12.1 Å². The van der Waals surface area contributed by atoms with E-state index in [9.17, 15) is 9.59 Å². The van der Waals surface area contributed by atoms with E-state index in [1.165, 1.54) is 0 Å². The van der Waals surface area contributed by atoms with Crippen molar-refractivity contribution in [3.05, 3.63) is 42.0 Å². The second kappa shape index (κ2) is 4.39. The number of carbonyl (C=O) groups is 2. The largest absolute Gasteiger partial charge is 0.399 e. The van der Waals surface area contributed by atoms with Crippen LogP contribution in [0.2, 0.25) is 0 Å². The maximum absolute atomic E-state index is 11.9. The SMILES string of the molecule is Nc1ccc2ccc(C3CCC(=O)NC3=O)cc2c1. The molecule has 0 aromatic heterocycles. The minimum atomic E-state index is -0.247. The Morgan fingerprint density at radius 3 is 2.63 bits per heavy atom. The number of piperidine rings is 1. The van der Waals surface area contributed by atoms with Gasteiger partial charge >= 0.3 is 0 Å². The lowest BCUT2D eigenvalue weighted by Gasteiger charge is -2.21. The van der Waals surface area contributed by atoms with Gasteiger partial charge in [-0.15, -0.1) is 0 Å².